The van der Waals surface area contributed by atoms with Crippen LogP contribution in [0.4, 0.5) is 10.1 Å². The number of benzene rings is 1. The number of nitrogens with zero attached hydrogens (tertiary/aromatic N) is 1. The highest BCUT2D eigenvalue weighted by molar-refractivity contribution is 14.0. The maximum absolute atomic E-state index is 13.5. The van der Waals surface area contributed by atoms with Gasteiger partial charge in [-0.25, -0.2) is 12.8 Å². The van der Waals surface area contributed by atoms with Gasteiger partial charge in [0.2, 0.25) is 10.0 Å². The summed E-state index contributed by atoms with van der Waals surface area (Å²) in [5, 5.41) is 6.47. The van der Waals surface area contributed by atoms with Gasteiger partial charge in [0, 0.05) is 12.6 Å². The molecule has 1 saturated carbocycles. The molecular weight excluding hydrogens is 470 g/mol. The minimum atomic E-state index is -3.58. The SMILES string of the molecule is CCNC(=NCCS(=O)(=O)Nc1ccc(C)c(F)c1)NC1CCCC1.I. The molecule has 0 bridgehead atoms. The summed E-state index contributed by atoms with van der Waals surface area (Å²) in [6, 6.07) is 4.68. The van der Waals surface area contributed by atoms with E-state index in [1.165, 1.54) is 18.9 Å². The van der Waals surface area contributed by atoms with E-state index in [0.717, 1.165) is 12.8 Å². The van der Waals surface area contributed by atoms with Crippen LogP contribution in [-0.2, 0) is 10.0 Å². The molecule has 148 valence electrons. The minimum absolute atomic E-state index is 0. The van der Waals surface area contributed by atoms with Gasteiger partial charge in [0.1, 0.15) is 5.82 Å². The zero-order chi connectivity index (χ0) is 18.3. The van der Waals surface area contributed by atoms with Crippen LogP contribution < -0.4 is 15.4 Å². The van der Waals surface area contributed by atoms with Crippen molar-refractivity contribution in [3.63, 3.8) is 0 Å². The number of hydrogen-bond acceptors (Lipinski definition) is 3. The number of nitrogens with one attached hydrogen (secondary N) is 3. The Bertz CT molecular complexity index is 707. The van der Waals surface area contributed by atoms with Crippen LogP contribution in [-0.4, -0.2) is 39.3 Å². The van der Waals surface area contributed by atoms with Gasteiger partial charge in [-0.1, -0.05) is 18.9 Å². The Morgan fingerprint density at radius 1 is 1.31 bits per heavy atom. The summed E-state index contributed by atoms with van der Waals surface area (Å²) in [5.41, 5.74) is 0.698. The molecule has 9 heteroatoms. The third kappa shape index (κ3) is 7.65. The molecule has 0 saturated heterocycles. The molecule has 0 aromatic heterocycles. The van der Waals surface area contributed by atoms with Gasteiger partial charge >= 0.3 is 0 Å². The fourth-order valence-corrected chi connectivity index (χ4v) is 3.67. The molecule has 0 spiro atoms. The lowest BCUT2D eigenvalue weighted by Gasteiger charge is -2.16. The quantitative estimate of drug-likeness (QED) is 0.307. The summed E-state index contributed by atoms with van der Waals surface area (Å²) in [6.45, 7) is 4.44. The Hall–Kier alpha value is -1.10. The zero-order valence-corrected chi connectivity index (χ0v) is 18.4. The minimum Gasteiger partial charge on any atom is -0.357 e. The number of aryl methyl sites for hydroxylation is 1. The third-order valence-corrected chi connectivity index (χ3v) is 5.38. The maximum atomic E-state index is 13.5. The highest BCUT2D eigenvalue weighted by Crippen LogP contribution is 2.17. The van der Waals surface area contributed by atoms with Gasteiger partial charge in [-0.2, -0.15) is 0 Å². The van der Waals surface area contributed by atoms with E-state index in [-0.39, 0.29) is 42.0 Å². The fraction of sp³-hybridized carbons (Fsp3) is 0.588. The first-order chi connectivity index (χ1) is 11.9. The van der Waals surface area contributed by atoms with Crippen molar-refractivity contribution in [1.29, 1.82) is 0 Å². The number of sulfonamides is 1. The van der Waals surface area contributed by atoms with Gasteiger partial charge in [-0.05, 0) is 44.4 Å². The molecule has 0 amide bonds. The Labute approximate surface area is 172 Å². The molecule has 0 radical (unpaired) electrons. The number of hydrogen-bond donors (Lipinski definition) is 3. The molecule has 1 aromatic carbocycles. The summed E-state index contributed by atoms with van der Waals surface area (Å²) < 4.78 is 40.2. The van der Waals surface area contributed by atoms with Crippen LogP contribution in [0.1, 0.15) is 38.2 Å². The van der Waals surface area contributed by atoms with Crippen LogP contribution in [0.5, 0.6) is 0 Å². The fourth-order valence-electron chi connectivity index (χ4n) is 2.75. The van der Waals surface area contributed by atoms with E-state index in [1.807, 2.05) is 6.92 Å². The first-order valence-corrected chi connectivity index (χ1v) is 10.4. The van der Waals surface area contributed by atoms with Crippen molar-refractivity contribution in [2.45, 2.75) is 45.6 Å². The van der Waals surface area contributed by atoms with Crippen molar-refractivity contribution in [2.24, 2.45) is 4.99 Å². The molecular formula is C17H28FIN4O2S. The van der Waals surface area contributed by atoms with Crippen LogP contribution >= 0.6 is 24.0 Å². The van der Waals surface area contributed by atoms with E-state index in [9.17, 15) is 12.8 Å². The molecule has 1 fully saturated rings. The van der Waals surface area contributed by atoms with E-state index in [0.29, 0.717) is 24.1 Å². The summed E-state index contributed by atoms with van der Waals surface area (Å²) >= 11 is 0. The summed E-state index contributed by atoms with van der Waals surface area (Å²) in [5.74, 6) is 0.0448. The van der Waals surface area contributed by atoms with E-state index in [1.54, 1.807) is 19.1 Å². The van der Waals surface area contributed by atoms with Crippen molar-refractivity contribution in [3.05, 3.63) is 29.6 Å². The van der Waals surface area contributed by atoms with Gasteiger partial charge in [0.05, 0.1) is 18.0 Å². The van der Waals surface area contributed by atoms with Gasteiger partial charge in [0.25, 0.3) is 0 Å². The zero-order valence-electron chi connectivity index (χ0n) is 15.2. The van der Waals surface area contributed by atoms with E-state index in [2.05, 4.69) is 20.3 Å². The van der Waals surface area contributed by atoms with E-state index < -0.39 is 15.8 Å². The summed E-state index contributed by atoms with van der Waals surface area (Å²) in [4.78, 5) is 4.34. The molecule has 0 unspecified atom stereocenters. The standard InChI is InChI=1S/C17H27FN4O2S.HI/c1-3-19-17(21-14-6-4-5-7-14)20-10-11-25(23,24)22-15-9-8-13(2)16(18)12-15;/h8-9,12,14,22H,3-7,10-11H2,1-2H3,(H2,19,20,21);1H. The van der Waals surface area contributed by atoms with Crippen molar-refractivity contribution in [3.8, 4) is 0 Å². The van der Waals surface area contributed by atoms with Crippen molar-refractivity contribution < 1.29 is 12.8 Å². The molecule has 1 aromatic rings. The predicted octanol–water partition coefficient (Wildman–Crippen LogP) is 2.99. The molecule has 1 aliphatic carbocycles. The lowest BCUT2D eigenvalue weighted by atomic mass is 10.2. The van der Waals surface area contributed by atoms with Crippen molar-refractivity contribution in [1.82, 2.24) is 10.6 Å². The average Bonchev–Trinajstić information content (AvgIpc) is 3.03. The van der Waals surface area contributed by atoms with Crippen molar-refractivity contribution >= 4 is 45.6 Å². The van der Waals surface area contributed by atoms with Gasteiger partial charge in [-0.3, -0.25) is 9.71 Å². The Morgan fingerprint density at radius 3 is 2.62 bits per heavy atom. The number of rotatable bonds is 7. The second-order valence-corrected chi connectivity index (χ2v) is 8.11. The Balaban J connectivity index is 0.00000338. The number of guanidine groups is 1. The number of halogens is 2. The highest BCUT2D eigenvalue weighted by Gasteiger charge is 2.16. The van der Waals surface area contributed by atoms with Crippen LogP contribution in [0.2, 0.25) is 0 Å². The molecule has 0 atom stereocenters. The molecule has 3 N–H and O–H groups in total. The van der Waals surface area contributed by atoms with Gasteiger partial charge in [0.15, 0.2) is 5.96 Å². The van der Waals surface area contributed by atoms with Gasteiger partial charge < -0.3 is 10.6 Å². The molecule has 0 heterocycles. The van der Waals surface area contributed by atoms with Crippen molar-refractivity contribution in [2.75, 3.05) is 23.6 Å². The van der Waals surface area contributed by atoms with E-state index >= 15 is 0 Å². The third-order valence-electron chi connectivity index (χ3n) is 4.12. The van der Waals surface area contributed by atoms with Crippen LogP contribution in [0.25, 0.3) is 0 Å². The monoisotopic (exact) mass is 498 g/mol. The Kier molecular flexibility index (Phi) is 9.62. The normalized spacial score (nSPS) is 15.4. The molecule has 26 heavy (non-hydrogen) atoms. The summed E-state index contributed by atoms with van der Waals surface area (Å²) in [6.07, 6.45) is 4.65. The maximum Gasteiger partial charge on any atom is 0.234 e. The smallest absolute Gasteiger partial charge is 0.234 e. The lowest BCUT2D eigenvalue weighted by molar-refractivity contribution is 0.599. The highest BCUT2D eigenvalue weighted by atomic mass is 127. The second-order valence-electron chi connectivity index (χ2n) is 6.27. The first-order valence-electron chi connectivity index (χ1n) is 8.71. The molecule has 2 rings (SSSR count). The van der Waals surface area contributed by atoms with E-state index in [4.69, 9.17) is 0 Å². The van der Waals surface area contributed by atoms with Crippen LogP contribution in [0, 0.1) is 12.7 Å². The average molecular weight is 498 g/mol. The Morgan fingerprint density at radius 2 is 2.00 bits per heavy atom. The van der Waals surface area contributed by atoms with Gasteiger partial charge in [-0.15, -0.1) is 24.0 Å². The first kappa shape index (κ1) is 22.9. The number of aliphatic imine (C=N–C) groups is 1. The summed E-state index contributed by atoms with van der Waals surface area (Å²) in [7, 11) is -3.58. The predicted molar refractivity (Wildman–Crippen MR) is 115 cm³/mol. The lowest BCUT2D eigenvalue weighted by Crippen LogP contribution is -2.42. The second kappa shape index (κ2) is 10.9. The molecule has 1 aliphatic rings. The largest absolute Gasteiger partial charge is 0.357 e. The van der Waals surface area contributed by atoms with Crippen LogP contribution in [0.15, 0.2) is 23.2 Å². The number of anilines is 1. The topological polar surface area (TPSA) is 82.6 Å². The van der Waals surface area contributed by atoms with Crippen LogP contribution in [0.3, 0.4) is 0 Å². The molecule has 6 nitrogen and oxygen atoms in total. The molecule has 0 aliphatic heterocycles.